The number of nitrogens with zero attached hydrogens (tertiary/aromatic N) is 3. The molecule has 0 atom stereocenters. The smallest absolute Gasteiger partial charge is 0.179 e. The van der Waals surface area contributed by atoms with Crippen LogP contribution in [0.2, 0.25) is 0 Å². The highest BCUT2D eigenvalue weighted by molar-refractivity contribution is 9.10. The van der Waals surface area contributed by atoms with Crippen LogP contribution in [-0.4, -0.2) is 20.2 Å². The van der Waals surface area contributed by atoms with Crippen molar-refractivity contribution in [2.24, 2.45) is 12.2 Å². The highest BCUT2D eigenvalue weighted by atomic mass is 79.9. The zero-order valence-corrected chi connectivity index (χ0v) is 7.96. The average Bonchev–Trinajstić information content (AvgIpc) is 2.32. The van der Waals surface area contributed by atoms with Crippen LogP contribution in [-0.2, 0) is 7.05 Å². The average molecular weight is 238 g/mol. The first kappa shape index (κ1) is 8.55. The second-order valence-electron chi connectivity index (χ2n) is 1.86. The van der Waals surface area contributed by atoms with Gasteiger partial charge in [-0.05, 0) is 15.9 Å². The predicted molar refractivity (Wildman–Crippen MR) is 45.1 cm³/mol. The summed E-state index contributed by atoms with van der Waals surface area (Å²) in [5, 5.41) is 15.0. The summed E-state index contributed by atoms with van der Waals surface area (Å²) in [7, 11) is 1.75. The molecule has 0 spiro atoms. The summed E-state index contributed by atoms with van der Waals surface area (Å²) in [6.07, 6.45) is 1.51. The molecule has 0 saturated carbocycles. The lowest BCUT2D eigenvalue weighted by molar-refractivity contribution is 0.321. The van der Waals surface area contributed by atoms with Gasteiger partial charge in [-0.2, -0.15) is 5.10 Å². The molecule has 0 aromatic carbocycles. The Bertz CT molecular complexity index is 296. The number of aryl methyl sites for hydroxylation is 1. The van der Waals surface area contributed by atoms with Gasteiger partial charge in [0.15, 0.2) is 5.17 Å². The first-order valence-electron chi connectivity index (χ1n) is 2.72. The third-order valence-electron chi connectivity index (χ3n) is 1.18. The Balaban J connectivity index is 3.15. The number of hydrogen-bond donors (Lipinski definition) is 1. The summed E-state index contributed by atoms with van der Waals surface area (Å²) >= 11 is 8.74. The quantitative estimate of drug-likeness (QED) is 0.458. The Labute approximate surface area is 76.6 Å². The van der Waals surface area contributed by atoms with Crippen molar-refractivity contribution in [2.45, 2.75) is 0 Å². The van der Waals surface area contributed by atoms with Crippen molar-refractivity contribution in [3.8, 4) is 0 Å². The van der Waals surface area contributed by atoms with E-state index in [2.05, 4.69) is 26.2 Å². The Morgan fingerprint density at radius 3 is 2.91 bits per heavy atom. The van der Waals surface area contributed by atoms with Gasteiger partial charge in [0.2, 0.25) is 0 Å². The molecule has 0 unspecified atom stereocenters. The van der Waals surface area contributed by atoms with Gasteiger partial charge in [-0.15, -0.1) is 0 Å². The van der Waals surface area contributed by atoms with Gasteiger partial charge in [0, 0.05) is 7.05 Å². The largest absolute Gasteiger partial charge is 0.410 e. The van der Waals surface area contributed by atoms with Crippen LogP contribution in [0.4, 0.5) is 0 Å². The lowest BCUT2D eigenvalue weighted by Crippen LogP contribution is -1.93. The molecule has 60 valence electrons. The summed E-state index contributed by atoms with van der Waals surface area (Å²) in [4.78, 5) is 0. The number of aromatic nitrogens is 2. The van der Waals surface area contributed by atoms with Crippen molar-refractivity contribution in [3.63, 3.8) is 0 Å². The fourth-order valence-corrected chi connectivity index (χ4v) is 1.25. The minimum Gasteiger partial charge on any atom is -0.410 e. The fraction of sp³-hybridized carbons (Fsp3) is 0.200. The maximum Gasteiger partial charge on any atom is 0.179 e. The summed E-state index contributed by atoms with van der Waals surface area (Å²) < 4.78 is 2.25. The van der Waals surface area contributed by atoms with Crippen LogP contribution in [0.1, 0.15) is 5.56 Å². The van der Waals surface area contributed by atoms with E-state index < -0.39 is 0 Å². The van der Waals surface area contributed by atoms with Gasteiger partial charge in [0.05, 0.1) is 11.8 Å². The minimum absolute atomic E-state index is 0.0185. The van der Waals surface area contributed by atoms with Crippen LogP contribution in [0.25, 0.3) is 0 Å². The van der Waals surface area contributed by atoms with E-state index in [9.17, 15) is 0 Å². The van der Waals surface area contributed by atoms with Crippen molar-refractivity contribution in [3.05, 3.63) is 16.4 Å². The molecule has 6 heteroatoms. The van der Waals surface area contributed by atoms with E-state index in [-0.39, 0.29) is 5.17 Å². The highest BCUT2D eigenvalue weighted by Crippen LogP contribution is 2.17. The zero-order chi connectivity index (χ0) is 8.43. The van der Waals surface area contributed by atoms with Gasteiger partial charge >= 0.3 is 0 Å². The molecule has 0 aliphatic carbocycles. The Morgan fingerprint density at radius 1 is 1.91 bits per heavy atom. The van der Waals surface area contributed by atoms with Crippen LogP contribution < -0.4 is 0 Å². The molecule has 4 nitrogen and oxygen atoms in total. The summed E-state index contributed by atoms with van der Waals surface area (Å²) in [5.41, 5.74) is 0.566. The number of hydrogen-bond acceptors (Lipinski definition) is 3. The second-order valence-corrected chi connectivity index (χ2v) is 2.97. The van der Waals surface area contributed by atoms with E-state index in [0.717, 1.165) is 0 Å². The van der Waals surface area contributed by atoms with E-state index in [1.54, 1.807) is 11.7 Å². The summed E-state index contributed by atoms with van der Waals surface area (Å²) in [6, 6.07) is 0. The topological polar surface area (TPSA) is 50.4 Å². The van der Waals surface area contributed by atoms with E-state index in [1.165, 1.54) is 6.20 Å². The van der Waals surface area contributed by atoms with Crippen molar-refractivity contribution < 1.29 is 5.21 Å². The van der Waals surface area contributed by atoms with Gasteiger partial charge in [-0.25, -0.2) is 0 Å². The maximum atomic E-state index is 8.32. The SMILES string of the molecule is Cn1ncc(C(Cl)=NO)c1Br. The number of halogens is 2. The normalized spacial score (nSPS) is 12.1. The molecule has 1 aromatic rings. The lowest BCUT2D eigenvalue weighted by Gasteiger charge is -1.92. The molecule has 0 amide bonds. The predicted octanol–water partition coefficient (Wildman–Crippen LogP) is 1.56. The third kappa shape index (κ3) is 1.54. The molecule has 0 bridgehead atoms. The molecule has 1 rings (SSSR count). The van der Waals surface area contributed by atoms with Crippen molar-refractivity contribution in [1.82, 2.24) is 9.78 Å². The van der Waals surface area contributed by atoms with E-state index >= 15 is 0 Å². The third-order valence-corrected chi connectivity index (χ3v) is 2.40. The molecule has 0 aliphatic heterocycles. The minimum atomic E-state index is 0.0185. The van der Waals surface area contributed by atoms with Gasteiger partial charge in [0.25, 0.3) is 0 Å². The summed E-state index contributed by atoms with van der Waals surface area (Å²) in [5.74, 6) is 0. The van der Waals surface area contributed by atoms with Crippen molar-refractivity contribution in [1.29, 1.82) is 0 Å². The van der Waals surface area contributed by atoms with E-state index in [4.69, 9.17) is 16.8 Å². The standard InChI is InChI=1S/C5H5BrClN3O/c1-10-4(6)3(2-8-10)5(7)9-11/h2,11H,1H3. The van der Waals surface area contributed by atoms with Crippen LogP contribution in [0.15, 0.2) is 16.0 Å². The summed E-state index contributed by atoms with van der Waals surface area (Å²) in [6.45, 7) is 0. The van der Waals surface area contributed by atoms with Crippen LogP contribution in [0.5, 0.6) is 0 Å². The van der Waals surface area contributed by atoms with Crippen molar-refractivity contribution in [2.75, 3.05) is 0 Å². The maximum absolute atomic E-state index is 8.32. The van der Waals surface area contributed by atoms with Gasteiger partial charge in [-0.3, -0.25) is 4.68 Å². The van der Waals surface area contributed by atoms with Gasteiger partial charge < -0.3 is 5.21 Å². The van der Waals surface area contributed by atoms with Crippen LogP contribution in [0.3, 0.4) is 0 Å². The molecule has 0 fully saturated rings. The molecule has 0 aliphatic rings. The Morgan fingerprint density at radius 2 is 2.55 bits per heavy atom. The monoisotopic (exact) mass is 237 g/mol. The molecular formula is C5H5BrClN3O. The molecular weight excluding hydrogens is 233 g/mol. The van der Waals surface area contributed by atoms with Crippen LogP contribution in [0, 0.1) is 0 Å². The number of rotatable bonds is 1. The van der Waals surface area contributed by atoms with E-state index in [0.29, 0.717) is 10.2 Å². The molecule has 0 saturated heterocycles. The first-order valence-corrected chi connectivity index (χ1v) is 3.89. The van der Waals surface area contributed by atoms with E-state index in [1.807, 2.05) is 0 Å². The van der Waals surface area contributed by atoms with Crippen LogP contribution >= 0.6 is 27.5 Å². The fourth-order valence-electron chi connectivity index (χ4n) is 0.615. The van der Waals surface area contributed by atoms with Gasteiger partial charge in [-0.1, -0.05) is 16.8 Å². The first-order chi connectivity index (χ1) is 5.16. The zero-order valence-electron chi connectivity index (χ0n) is 5.62. The molecule has 1 heterocycles. The van der Waals surface area contributed by atoms with Crippen molar-refractivity contribution >= 4 is 32.7 Å². The highest BCUT2D eigenvalue weighted by Gasteiger charge is 2.09. The second kappa shape index (κ2) is 3.23. The lowest BCUT2D eigenvalue weighted by atomic mass is 10.4. The Hall–Kier alpha value is -0.550. The molecule has 1 aromatic heterocycles. The molecule has 0 radical (unpaired) electrons. The number of oxime groups is 1. The Kier molecular flexibility index (Phi) is 2.51. The van der Waals surface area contributed by atoms with Gasteiger partial charge in [0.1, 0.15) is 4.60 Å². The molecule has 11 heavy (non-hydrogen) atoms. The molecule has 1 N–H and O–H groups in total.